The van der Waals surface area contributed by atoms with Crippen molar-refractivity contribution in [1.29, 1.82) is 0 Å². The van der Waals surface area contributed by atoms with Crippen LogP contribution in [-0.4, -0.2) is 35.9 Å². The smallest absolute Gasteiger partial charge is 0.326 e. The summed E-state index contributed by atoms with van der Waals surface area (Å²) in [4.78, 5) is 11.1. The molecule has 0 amide bonds. The van der Waals surface area contributed by atoms with Gasteiger partial charge in [0.25, 0.3) is 0 Å². The van der Waals surface area contributed by atoms with Gasteiger partial charge in [-0.2, -0.15) is 0 Å². The second-order valence-electron chi connectivity index (χ2n) is 5.18. The van der Waals surface area contributed by atoms with Crippen molar-refractivity contribution in [3.05, 3.63) is 0 Å². The maximum absolute atomic E-state index is 12.4. The highest BCUT2D eigenvalue weighted by atomic mass is 19.3. The molecule has 2 N–H and O–H groups in total. The standard InChI is InChI=1S/C10H17F2NO3/c1-9(2,3)7-13-10(5-16-7,8(14)15)4-6(11)12/h6-7,13H,4-5H2,1-3H3,(H,14,15). The van der Waals surface area contributed by atoms with Gasteiger partial charge in [0.2, 0.25) is 6.43 Å². The van der Waals surface area contributed by atoms with E-state index in [-0.39, 0.29) is 12.0 Å². The van der Waals surface area contributed by atoms with Gasteiger partial charge in [0, 0.05) is 11.8 Å². The number of halogens is 2. The quantitative estimate of drug-likeness (QED) is 0.780. The van der Waals surface area contributed by atoms with Gasteiger partial charge < -0.3 is 9.84 Å². The molecule has 1 aliphatic rings. The summed E-state index contributed by atoms with van der Waals surface area (Å²) >= 11 is 0. The molecule has 16 heavy (non-hydrogen) atoms. The van der Waals surface area contributed by atoms with Gasteiger partial charge in [-0.3, -0.25) is 10.1 Å². The minimum Gasteiger partial charge on any atom is -0.480 e. The van der Waals surface area contributed by atoms with Crippen molar-refractivity contribution >= 4 is 5.97 Å². The van der Waals surface area contributed by atoms with E-state index >= 15 is 0 Å². The first-order valence-corrected chi connectivity index (χ1v) is 5.08. The fourth-order valence-electron chi connectivity index (χ4n) is 1.62. The Kier molecular flexibility index (Phi) is 3.54. The monoisotopic (exact) mass is 237 g/mol. The number of hydrogen-bond acceptors (Lipinski definition) is 3. The topological polar surface area (TPSA) is 58.6 Å². The maximum Gasteiger partial charge on any atom is 0.326 e. The van der Waals surface area contributed by atoms with Gasteiger partial charge >= 0.3 is 5.97 Å². The first-order valence-electron chi connectivity index (χ1n) is 5.08. The highest BCUT2D eigenvalue weighted by molar-refractivity contribution is 5.79. The first kappa shape index (κ1) is 13.3. The number of carboxylic acids is 1. The van der Waals surface area contributed by atoms with Crippen LogP contribution in [0.5, 0.6) is 0 Å². The van der Waals surface area contributed by atoms with Gasteiger partial charge in [0.15, 0.2) is 0 Å². The van der Waals surface area contributed by atoms with Crippen LogP contribution in [0.25, 0.3) is 0 Å². The lowest BCUT2D eigenvalue weighted by atomic mass is 9.92. The second-order valence-corrected chi connectivity index (χ2v) is 5.18. The fourth-order valence-corrected chi connectivity index (χ4v) is 1.62. The van der Waals surface area contributed by atoms with Gasteiger partial charge in [0.05, 0.1) is 6.61 Å². The van der Waals surface area contributed by atoms with Crippen molar-refractivity contribution in [3.63, 3.8) is 0 Å². The molecule has 0 radical (unpaired) electrons. The normalized spacial score (nSPS) is 31.0. The van der Waals surface area contributed by atoms with E-state index in [1.165, 1.54) is 0 Å². The zero-order valence-electron chi connectivity index (χ0n) is 9.59. The molecular weight excluding hydrogens is 220 g/mol. The van der Waals surface area contributed by atoms with Crippen LogP contribution in [0.4, 0.5) is 8.78 Å². The minimum absolute atomic E-state index is 0.228. The predicted molar refractivity (Wildman–Crippen MR) is 53.3 cm³/mol. The zero-order chi connectivity index (χ0) is 12.6. The number of aliphatic carboxylic acids is 1. The highest BCUT2D eigenvalue weighted by Crippen LogP contribution is 2.31. The summed E-state index contributed by atoms with van der Waals surface area (Å²) < 4.78 is 30.0. The van der Waals surface area contributed by atoms with Crippen LogP contribution in [-0.2, 0) is 9.53 Å². The number of ether oxygens (including phenoxy) is 1. The molecule has 4 nitrogen and oxygen atoms in total. The Bertz CT molecular complexity index is 278. The van der Waals surface area contributed by atoms with Gasteiger partial charge in [-0.25, -0.2) is 8.78 Å². The van der Waals surface area contributed by atoms with Gasteiger partial charge in [-0.15, -0.1) is 0 Å². The number of carbonyl (C=O) groups is 1. The number of alkyl halides is 2. The van der Waals surface area contributed by atoms with Crippen molar-refractivity contribution in [2.24, 2.45) is 5.41 Å². The Morgan fingerprint density at radius 2 is 2.19 bits per heavy atom. The highest BCUT2D eigenvalue weighted by Gasteiger charge is 2.50. The predicted octanol–water partition coefficient (Wildman–Crippen LogP) is 1.46. The van der Waals surface area contributed by atoms with E-state index in [0.29, 0.717) is 0 Å². The summed E-state index contributed by atoms with van der Waals surface area (Å²) in [6.45, 7) is 5.33. The van der Waals surface area contributed by atoms with E-state index in [1.807, 2.05) is 20.8 Å². The first-order chi connectivity index (χ1) is 7.17. The number of hydrogen-bond donors (Lipinski definition) is 2. The second kappa shape index (κ2) is 4.25. The van der Waals surface area contributed by atoms with Crippen molar-refractivity contribution in [3.8, 4) is 0 Å². The summed E-state index contributed by atoms with van der Waals surface area (Å²) in [7, 11) is 0. The van der Waals surface area contributed by atoms with Gasteiger partial charge in [-0.05, 0) is 0 Å². The van der Waals surface area contributed by atoms with E-state index in [9.17, 15) is 13.6 Å². The van der Waals surface area contributed by atoms with Crippen molar-refractivity contribution in [2.45, 2.75) is 45.4 Å². The van der Waals surface area contributed by atoms with Crippen molar-refractivity contribution in [2.75, 3.05) is 6.61 Å². The van der Waals surface area contributed by atoms with Gasteiger partial charge in [0.1, 0.15) is 11.8 Å². The Labute approximate surface area is 93.0 Å². The van der Waals surface area contributed by atoms with Crippen LogP contribution < -0.4 is 5.32 Å². The third-order valence-electron chi connectivity index (χ3n) is 2.60. The molecule has 0 aromatic heterocycles. The van der Waals surface area contributed by atoms with Crippen molar-refractivity contribution in [1.82, 2.24) is 5.32 Å². The molecule has 2 unspecified atom stereocenters. The lowest BCUT2D eigenvalue weighted by Gasteiger charge is -2.29. The molecule has 94 valence electrons. The Balaban J connectivity index is 2.81. The van der Waals surface area contributed by atoms with Crippen LogP contribution in [0.15, 0.2) is 0 Å². The van der Waals surface area contributed by atoms with E-state index in [1.54, 1.807) is 0 Å². The summed E-state index contributed by atoms with van der Waals surface area (Å²) in [6, 6.07) is 0. The Morgan fingerprint density at radius 1 is 1.62 bits per heavy atom. The van der Waals surface area contributed by atoms with E-state index < -0.39 is 30.6 Å². The number of carboxylic acid groups (broad SMARTS) is 1. The lowest BCUT2D eigenvalue weighted by molar-refractivity contribution is -0.146. The molecule has 1 saturated heterocycles. The summed E-state index contributed by atoms with van der Waals surface area (Å²) in [5, 5.41) is 11.7. The molecule has 1 aliphatic heterocycles. The molecule has 0 saturated carbocycles. The fraction of sp³-hybridized carbons (Fsp3) is 0.900. The largest absolute Gasteiger partial charge is 0.480 e. The molecule has 1 heterocycles. The molecule has 0 aromatic carbocycles. The van der Waals surface area contributed by atoms with Crippen LogP contribution in [0.2, 0.25) is 0 Å². The molecule has 0 spiro atoms. The molecule has 1 rings (SSSR count). The number of rotatable bonds is 3. The summed E-state index contributed by atoms with van der Waals surface area (Å²) in [5.41, 5.74) is -1.99. The zero-order valence-corrected chi connectivity index (χ0v) is 9.59. The van der Waals surface area contributed by atoms with Gasteiger partial charge in [-0.1, -0.05) is 20.8 Å². The SMILES string of the molecule is CC(C)(C)C1NC(CC(F)F)(C(=O)O)CO1. The van der Waals surface area contributed by atoms with E-state index in [0.717, 1.165) is 0 Å². The minimum atomic E-state index is -2.68. The molecule has 2 atom stereocenters. The third kappa shape index (κ3) is 2.68. The van der Waals surface area contributed by atoms with Crippen LogP contribution in [0.3, 0.4) is 0 Å². The molecule has 0 aliphatic carbocycles. The molecule has 0 bridgehead atoms. The van der Waals surface area contributed by atoms with Crippen molar-refractivity contribution < 1.29 is 23.4 Å². The Hall–Kier alpha value is -0.750. The molecular formula is C10H17F2NO3. The van der Waals surface area contributed by atoms with E-state index in [4.69, 9.17) is 9.84 Å². The maximum atomic E-state index is 12.4. The van der Waals surface area contributed by atoms with Crippen LogP contribution in [0, 0.1) is 5.41 Å². The average Bonchev–Trinajstić information content (AvgIpc) is 2.47. The molecule has 1 fully saturated rings. The Morgan fingerprint density at radius 3 is 2.50 bits per heavy atom. The molecule has 6 heteroatoms. The van der Waals surface area contributed by atoms with Crippen LogP contribution in [0.1, 0.15) is 27.2 Å². The molecule has 0 aromatic rings. The summed E-state index contributed by atoms with van der Waals surface area (Å²) in [6.07, 6.45) is -3.94. The van der Waals surface area contributed by atoms with E-state index in [2.05, 4.69) is 5.32 Å². The van der Waals surface area contributed by atoms with Crippen LogP contribution >= 0.6 is 0 Å². The number of nitrogens with one attached hydrogen (secondary N) is 1. The third-order valence-corrected chi connectivity index (χ3v) is 2.60. The summed E-state index contributed by atoms with van der Waals surface area (Å²) in [5.74, 6) is -1.29. The average molecular weight is 237 g/mol. The lowest BCUT2D eigenvalue weighted by Crippen LogP contribution is -2.55.